The van der Waals surface area contributed by atoms with Crippen molar-refractivity contribution in [1.29, 1.82) is 0 Å². The van der Waals surface area contributed by atoms with E-state index in [1.165, 1.54) is 4.57 Å². The summed E-state index contributed by atoms with van der Waals surface area (Å²) in [6.07, 6.45) is 0.771. The zero-order valence-electron chi connectivity index (χ0n) is 20.1. The molecule has 8 nitrogen and oxygen atoms in total. The quantitative estimate of drug-likeness (QED) is 0.587. The molecule has 1 amide bonds. The second kappa shape index (κ2) is 11.0. The lowest BCUT2D eigenvalue weighted by atomic mass is 10.1. The summed E-state index contributed by atoms with van der Waals surface area (Å²) in [5.41, 5.74) is 6.30. The molecule has 1 heterocycles. The number of anilines is 2. The summed E-state index contributed by atoms with van der Waals surface area (Å²) in [6.45, 7) is 12.8. The molecule has 2 rings (SSSR count). The largest absolute Gasteiger partial charge is 0.383 e. The van der Waals surface area contributed by atoms with Crippen LogP contribution >= 0.6 is 0 Å². The van der Waals surface area contributed by atoms with Crippen molar-refractivity contribution in [3.63, 3.8) is 0 Å². The van der Waals surface area contributed by atoms with E-state index in [-0.39, 0.29) is 42.6 Å². The van der Waals surface area contributed by atoms with Crippen molar-refractivity contribution in [2.75, 3.05) is 23.7 Å². The van der Waals surface area contributed by atoms with E-state index in [0.29, 0.717) is 12.5 Å². The van der Waals surface area contributed by atoms with E-state index >= 15 is 0 Å². The third-order valence-electron chi connectivity index (χ3n) is 5.42. The van der Waals surface area contributed by atoms with E-state index in [1.807, 2.05) is 58.0 Å². The van der Waals surface area contributed by atoms with Crippen molar-refractivity contribution in [1.82, 2.24) is 14.5 Å². The number of nitrogens with one attached hydrogen (secondary N) is 1. The first-order valence-corrected chi connectivity index (χ1v) is 11.3. The van der Waals surface area contributed by atoms with Gasteiger partial charge >= 0.3 is 5.69 Å². The Labute approximate surface area is 190 Å². The number of benzene rings is 1. The lowest BCUT2D eigenvalue weighted by molar-refractivity contribution is -0.133. The third kappa shape index (κ3) is 6.24. The van der Waals surface area contributed by atoms with Crippen molar-refractivity contribution in [2.45, 2.75) is 66.6 Å². The molecule has 0 unspecified atom stereocenters. The molecule has 0 saturated heterocycles. The molecule has 0 saturated carbocycles. The number of hydrogen-bond acceptors (Lipinski definition) is 5. The molecule has 0 fully saturated rings. The highest BCUT2D eigenvalue weighted by Gasteiger charge is 2.26. The van der Waals surface area contributed by atoms with E-state index < -0.39 is 11.2 Å². The number of carbonyl (C=O) groups is 1. The highest BCUT2D eigenvalue weighted by Crippen LogP contribution is 2.20. The molecule has 0 atom stereocenters. The van der Waals surface area contributed by atoms with Gasteiger partial charge in [0.05, 0.1) is 13.1 Å². The van der Waals surface area contributed by atoms with Gasteiger partial charge in [0.25, 0.3) is 5.56 Å². The van der Waals surface area contributed by atoms with Gasteiger partial charge in [0.15, 0.2) is 0 Å². The number of carbonyl (C=O) groups excluding carboxylic acids is 1. The maximum absolute atomic E-state index is 13.2. The number of nitrogens with zero attached hydrogens (tertiary/aromatic N) is 3. The lowest BCUT2D eigenvalue weighted by Crippen LogP contribution is -2.49. The monoisotopic (exact) mass is 443 g/mol. The average Bonchev–Trinajstić information content (AvgIpc) is 2.69. The highest BCUT2D eigenvalue weighted by atomic mass is 16.2. The summed E-state index contributed by atoms with van der Waals surface area (Å²) >= 11 is 0. The van der Waals surface area contributed by atoms with E-state index in [1.54, 1.807) is 9.80 Å². The van der Waals surface area contributed by atoms with Crippen molar-refractivity contribution < 1.29 is 4.79 Å². The minimum Gasteiger partial charge on any atom is -0.383 e. The van der Waals surface area contributed by atoms with E-state index in [4.69, 9.17) is 5.73 Å². The first-order valence-electron chi connectivity index (χ1n) is 11.3. The number of nitrogens with two attached hydrogens (primary N) is 1. The Hall–Kier alpha value is -3.03. The third-order valence-corrected chi connectivity index (χ3v) is 5.42. The number of rotatable bonds is 10. The molecule has 0 bridgehead atoms. The predicted molar refractivity (Wildman–Crippen MR) is 130 cm³/mol. The van der Waals surface area contributed by atoms with Crippen LogP contribution in [0.4, 0.5) is 11.5 Å². The van der Waals surface area contributed by atoms with Crippen LogP contribution in [0.5, 0.6) is 0 Å². The van der Waals surface area contributed by atoms with Crippen LogP contribution in [-0.4, -0.2) is 45.5 Å². The van der Waals surface area contributed by atoms with Crippen molar-refractivity contribution in [3.8, 4) is 0 Å². The molecule has 0 radical (unpaired) electrons. The van der Waals surface area contributed by atoms with Gasteiger partial charge in [-0.25, -0.2) is 4.79 Å². The van der Waals surface area contributed by atoms with Crippen LogP contribution in [0.3, 0.4) is 0 Å². The SMILES string of the molecule is CC(C)CCN(CC(=O)N(C(C)C)C(C)C)c1c(N)n(Cc2ccccc2)c(=O)[nH]c1=O. The van der Waals surface area contributed by atoms with Gasteiger partial charge in [-0.1, -0.05) is 44.2 Å². The van der Waals surface area contributed by atoms with Crippen LogP contribution in [0.25, 0.3) is 0 Å². The normalized spacial score (nSPS) is 11.4. The lowest BCUT2D eigenvalue weighted by Gasteiger charge is -2.34. The Morgan fingerprint density at radius 2 is 1.62 bits per heavy atom. The van der Waals surface area contributed by atoms with Crippen LogP contribution in [-0.2, 0) is 11.3 Å². The molecule has 176 valence electrons. The van der Waals surface area contributed by atoms with Gasteiger partial charge in [0.2, 0.25) is 5.91 Å². The van der Waals surface area contributed by atoms with E-state index in [2.05, 4.69) is 18.8 Å². The number of H-pyrrole nitrogens is 1. The zero-order chi connectivity index (χ0) is 24.0. The summed E-state index contributed by atoms with van der Waals surface area (Å²) < 4.78 is 1.35. The minimum absolute atomic E-state index is 0.0138. The molecule has 3 N–H and O–H groups in total. The molecule has 0 spiro atoms. The topological polar surface area (TPSA) is 104 Å². The Morgan fingerprint density at radius 3 is 2.16 bits per heavy atom. The summed E-state index contributed by atoms with van der Waals surface area (Å²) in [6, 6.07) is 9.48. The van der Waals surface area contributed by atoms with Gasteiger partial charge in [-0.3, -0.25) is 19.1 Å². The molecular weight excluding hydrogens is 406 g/mol. The fourth-order valence-electron chi connectivity index (χ4n) is 3.91. The highest BCUT2D eigenvalue weighted by molar-refractivity contribution is 5.83. The van der Waals surface area contributed by atoms with Crippen LogP contribution in [0.2, 0.25) is 0 Å². The maximum Gasteiger partial charge on any atom is 0.330 e. The molecule has 2 aromatic rings. The van der Waals surface area contributed by atoms with Gasteiger partial charge in [0, 0.05) is 18.6 Å². The van der Waals surface area contributed by atoms with Crippen LogP contribution in [0.1, 0.15) is 53.5 Å². The first-order chi connectivity index (χ1) is 15.0. The van der Waals surface area contributed by atoms with Gasteiger partial charge in [-0.15, -0.1) is 0 Å². The summed E-state index contributed by atoms with van der Waals surface area (Å²) in [7, 11) is 0. The molecule has 32 heavy (non-hydrogen) atoms. The number of amides is 1. The molecule has 1 aromatic heterocycles. The zero-order valence-corrected chi connectivity index (χ0v) is 20.1. The molecule has 8 heteroatoms. The predicted octanol–water partition coefficient (Wildman–Crippen LogP) is 2.66. The van der Waals surface area contributed by atoms with Gasteiger partial charge < -0.3 is 15.5 Å². The van der Waals surface area contributed by atoms with E-state index in [0.717, 1.165) is 12.0 Å². The van der Waals surface area contributed by atoms with Gasteiger partial charge in [-0.2, -0.15) is 0 Å². The number of aromatic nitrogens is 2. The summed E-state index contributed by atoms with van der Waals surface area (Å²) in [5.74, 6) is 0.354. The van der Waals surface area contributed by atoms with Crippen molar-refractivity contribution >= 4 is 17.4 Å². The standard InChI is InChI=1S/C24H37N5O3/c1-16(2)12-13-27(15-20(30)29(17(3)4)18(5)6)21-22(25)28(24(32)26-23(21)31)14-19-10-8-7-9-11-19/h7-11,16-18H,12-15,25H2,1-6H3,(H,26,31,32). The van der Waals surface area contributed by atoms with Crippen molar-refractivity contribution in [3.05, 3.63) is 56.7 Å². The van der Waals surface area contributed by atoms with Crippen molar-refractivity contribution in [2.24, 2.45) is 5.92 Å². The van der Waals surface area contributed by atoms with Crippen LogP contribution in [0.15, 0.2) is 39.9 Å². The second-order valence-corrected chi connectivity index (χ2v) is 9.16. The summed E-state index contributed by atoms with van der Waals surface area (Å²) in [5, 5.41) is 0. The summed E-state index contributed by atoms with van der Waals surface area (Å²) in [4.78, 5) is 44.5. The fourth-order valence-corrected chi connectivity index (χ4v) is 3.91. The molecular formula is C24H37N5O3. The van der Waals surface area contributed by atoms with Crippen LogP contribution in [0, 0.1) is 5.92 Å². The average molecular weight is 444 g/mol. The molecule has 0 aliphatic heterocycles. The molecule has 0 aliphatic rings. The first kappa shape index (κ1) is 25.2. The fraction of sp³-hybridized carbons (Fsp3) is 0.542. The molecule has 0 aliphatic carbocycles. The minimum atomic E-state index is -0.575. The van der Waals surface area contributed by atoms with Crippen LogP contribution < -0.4 is 21.9 Å². The second-order valence-electron chi connectivity index (χ2n) is 9.16. The Kier molecular flexibility index (Phi) is 8.69. The van der Waals surface area contributed by atoms with Gasteiger partial charge in [-0.05, 0) is 45.6 Å². The Balaban J connectivity index is 2.50. The van der Waals surface area contributed by atoms with E-state index in [9.17, 15) is 14.4 Å². The number of aromatic amines is 1. The molecule has 1 aromatic carbocycles. The number of nitrogen functional groups attached to an aromatic ring is 1. The Morgan fingerprint density at radius 1 is 1.03 bits per heavy atom. The Bertz CT molecular complexity index is 1000. The maximum atomic E-state index is 13.2. The number of hydrogen-bond donors (Lipinski definition) is 2. The smallest absolute Gasteiger partial charge is 0.330 e. The van der Waals surface area contributed by atoms with Gasteiger partial charge in [0.1, 0.15) is 11.5 Å².